The number of hydrogen-bond acceptors (Lipinski definition) is 6. The summed E-state index contributed by atoms with van der Waals surface area (Å²) in [6.45, 7) is 0.792. The number of quaternary nitrogens is 1. The van der Waals surface area contributed by atoms with Crippen LogP contribution in [-0.2, 0) is 0 Å². The zero-order valence-electron chi connectivity index (χ0n) is 14.4. The molecule has 0 aliphatic carbocycles. The first-order chi connectivity index (χ1) is 13.2. The van der Waals surface area contributed by atoms with E-state index in [0.717, 1.165) is 18.2 Å². The van der Waals surface area contributed by atoms with Crippen LogP contribution in [0.3, 0.4) is 0 Å². The lowest BCUT2D eigenvalue weighted by atomic mass is 10.1. The van der Waals surface area contributed by atoms with Crippen molar-refractivity contribution in [3.63, 3.8) is 0 Å². The van der Waals surface area contributed by atoms with Gasteiger partial charge in [0.15, 0.2) is 11.7 Å². The van der Waals surface area contributed by atoms with Crippen LogP contribution in [0.15, 0.2) is 45.7 Å². The van der Waals surface area contributed by atoms with Crippen LogP contribution >= 0.6 is 0 Å². The van der Waals surface area contributed by atoms with Gasteiger partial charge in [-0.05, 0) is 30.1 Å². The first-order valence-electron chi connectivity index (χ1n) is 8.55. The van der Waals surface area contributed by atoms with Gasteiger partial charge in [-0.25, -0.2) is 4.39 Å². The second kappa shape index (κ2) is 6.38. The Balaban J connectivity index is 1.88. The number of aliphatic hydroxyl groups excluding tert-OH is 1. The molecule has 4 rings (SSSR count). The van der Waals surface area contributed by atoms with Gasteiger partial charge < -0.3 is 15.1 Å². The summed E-state index contributed by atoms with van der Waals surface area (Å²) < 4.78 is 54.5. The van der Waals surface area contributed by atoms with Gasteiger partial charge in [0.1, 0.15) is 5.75 Å². The quantitative estimate of drug-likeness (QED) is 0.563. The summed E-state index contributed by atoms with van der Waals surface area (Å²) in [7, 11) is 0. The minimum Gasteiger partial charge on any atom is -0.508 e. The third kappa shape index (κ3) is 2.87. The van der Waals surface area contributed by atoms with E-state index in [1.165, 1.54) is 12.2 Å². The summed E-state index contributed by atoms with van der Waals surface area (Å²) in [6.07, 6.45) is -1.68. The fourth-order valence-electron chi connectivity index (χ4n) is 3.47. The Morgan fingerprint density at radius 1 is 1.11 bits per heavy atom. The second-order valence-corrected chi connectivity index (χ2v) is 6.66. The number of nitrogens with zero attached hydrogens (tertiary/aromatic N) is 5. The van der Waals surface area contributed by atoms with Gasteiger partial charge in [-0.15, -0.1) is 0 Å². The number of amidine groups is 3. The van der Waals surface area contributed by atoms with Crippen LogP contribution in [0.1, 0.15) is 12.8 Å². The van der Waals surface area contributed by atoms with Crippen LogP contribution in [0.4, 0.5) is 23.2 Å². The highest BCUT2D eigenvalue weighted by molar-refractivity contribution is 6.24. The molecule has 3 heterocycles. The fourth-order valence-corrected chi connectivity index (χ4v) is 3.47. The third-order valence-corrected chi connectivity index (χ3v) is 4.84. The Bertz CT molecular complexity index is 932. The molecule has 1 aromatic carbocycles. The van der Waals surface area contributed by atoms with Gasteiger partial charge >= 0.3 is 12.0 Å². The van der Waals surface area contributed by atoms with Crippen molar-refractivity contribution in [3.05, 3.63) is 36.2 Å². The van der Waals surface area contributed by atoms with Crippen LogP contribution in [0.25, 0.3) is 0 Å². The number of likely N-dealkylation sites (tertiary alicyclic amines) is 1. The van der Waals surface area contributed by atoms with Gasteiger partial charge in [0.25, 0.3) is 5.84 Å². The van der Waals surface area contributed by atoms with E-state index in [4.69, 9.17) is 0 Å². The van der Waals surface area contributed by atoms with E-state index < -0.39 is 40.0 Å². The number of aromatic hydroxyl groups is 1. The van der Waals surface area contributed by atoms with Crippen LogP contribution in [0.2, 0.25) is 0 Å². The lowest BCUT2D eigenvalue weighted by molar-refractivity contribution is -0.0654. The number of hydrogen-bond donors (Lipinski definition) is 2. The second-order valence-electron chi connectivity index (χ2n) is 6.66. The SMILES string of the molecule is Oc1ccc([N+]23N=C(N4CCC(O)CC4)C=CC2=NN=C3C(F)(F)F)c(F)c1. The molecule has 0 saturated carbocycles. The fraction of sp³-hybridized carbons (Fsp3) is 0.353. The maximum Gasteiger partial charge on any atom is 0.492 e. The zero-order valence-corrected chi connectivity index (χ0v) is 14.4. The maximum atomic E-state index is 14.7. The highest BCUT2D eigenvalue weighted by atomic mass is 19.4. The molecule has 1 saturated heterocycles. The standard InChI is InChI=1S/C17H15F4N5O2/c18-12-9-11(28)1-2-13(12)26-15(22-23-16(26)17(19,20)21)4-3-14(24-26)25-7-5-10(27)6-8-25/h1-4,9-10,27H,5-8H2/p+1. The number of phenols is 1. The van der Waals surface area contributed by atoms with Gasteiger partial charge in [-0.1, -0.05) is 14.8 Å². The molecule has 0 radical (unpaired) electrons. The number of rotatable bonds is 1. The Morgan fingerprint density at radius 2 is 1.82 bits per heavy atom. The minimum atomic E-state index is -4.92. The normalized spacial score (nSPS) is 25.3. The average Bonchev–Trinajstić information content (AvgIpc) is 3.01. The topological polar surface area (TPSA) is 80.8 Å². The van der Waals surface area contributed by atoms with E-state index in [0.29, 0.717) is 25.9 Å². The van der Waals surface area contributed by atoms with Gasteiger partial charge in [0.05, 0.1) is 6.10 Å². The molecule has 3 aliphatic heterocycles. The summed E-state index contributed by atoms with van der Waals surface area (Å²) in [5.41, 5.74) is -0.455. The summed E-state index contributed by atoms with van der Waals surface area (Å²) in [5, 5.41) is 30.2. The molecule has 2 N–H and O–H groups in total. The predicted octanol–water partition coefficient (Wildman–Crippen LogP) is 2.47. The lowest BCUT2D eigenvalue weighted by Crippen LogP contribution is -2.59. The molecule has 148 valence electrons. The molecule has 11 heteroatoms. The first-order valence-corrected chi connectivity index (χ1v) is 8.55. The largest absolute Gasteiger partial charge is 0.508 e. The highest BCUT2D eigenvalue weighted by Crippen LogP contribution is 2.40. The number of piperidine rings is 1. The van der Waals surface area contributed by atoms with Crippen LogP contribution < -0.4 is 4.59 Å². The Labute approximate surface area is 156 Å². The molecule has 1 aromatic rings. The number of halogens is 4. The molecule has 3 aliphatic rings. The lowest BCUT2D eigenvalue weighted by Gasteiger charge is -2.35. The van der Waals surface area contributed by atoms with Crippen LogP contribution in [0, 0.1) is 5.82 Å². The van der Waals surface area contributed by atoms with Gasteiger partial charge in [0.2, 0.25) is 5.69 Å². The molecule has 0 bridgehead atoms. The van der Waals surface area contributed by atoms with Crippen molar-refractivity contribution in [2.24, 2.45) is 15.3 Å². The van der Waals surface area contributed by atoms with Gasteiger partial charge in [-0.2, -0.15) is 13.2 Å². The number of phenolic OH excluding ortho intramolecular Hbond substituents is 1. The van der Waals surface area contributed by atoms with Gasteiger partial charge in [0, 0.05) is 31.3 Å². The van der Waals surface area contributed by atoms with Crippen molar-refractivity contribution in [2.45, 2.75) is 25.1 Å². The smallest absolute Gasteiger partial charge is 0.492 e. The highest BCUT2D eigenvalue weighted by Gasteiger charge is 2.62. The molecular formula is C17H16F4N5O2+. The van der Waals surface area contributed by atoms with Crippen molar-refractivity contribution in [1.29, 1.82) is 0 Å². The summed E-state index contributed by atoms with van der Waals surface area (Å²) in [4.78, 5) is 1.73. The average molecular weight is 398 g/mol. The molecule has 0 amide bonds. The Kier molecular flexibility index (Phi) is 4.23. The molecule has 7 nitrogen and oxygen atoms in total. The van der Waals surface area contributed by atoms with Crippen molar-refractivity contribution < 1.29 is 27.8 Å². The van der Waals surface area contributed by atoms with E-state index >= 15 is 0 Å². The Morgan fingerprint density at radius 3 is 2.46 bits per heavy atom. The molecular weight excluding hydrogens is 382 g/mol. The summed E-state index contributed by atoms with van der Waals surface area (Å²) >= 11 is 0. The molecule has 1 unspecified atom stereocenters. The number of alkyl halides is 3. The molecule has 28 heavy (non-hydrogen) atoms. The van der Waals surface area contributed by atoms with E-state index in [9.17, 15) is 27.8 Å². The predicted molar refractivity (Wildman–Crippen MR) is 94.2 cm³/mol. The zero-order chi connectivity index (χ0) is 20.1. The van der Waals surface area contributed by atoms with E-state index in [1.54, 1.807) is 4.90 Å². The van der Waals surface area contributed by atoms with Crippen LogP contribution in [0.5, 0.6) is 5.75 Å². The molecule has 0 spiro atoms. The van der Waals surface area contributed by atoms with E-state index in [1.807, 2.05) is 0 Å². The van der Waals surface area contributed by atoms with E-state index in [-0.39, 0.29) is 11.7 Å². The first kappa shape index (κ1) is 18.6. The van der Waals surface area contributed by atoms with Crippen molar-refractivity contribution >= 4 is 23.2 Å². The number of fused-ring (bicyclic) bond motifs is 1. The van der Waals surface area contributed by atoms with Crippen molar-refractivity contribution in [2.75, 3.05) is 13.1 Å². The maximum absolute atomic E-state index is 14.7. The van der Waals surface area contributed by atoms with Crippen LogP contribution in [-0.4, -0.2) is 58.0 Å². The number of benzene rings is 1. The van der Waals surface area contributed by atoms with Crippen molar-refractivity contribution in [3.8, 4) is 5.75 Å². The molecule has 0 aromatic heterocycles. The monoisotopic (exact) mass is 398 g/mol. The van der Waals surface area contributed by atoms with Crippen molar-refractivity contribution in [1.82, 2.24) is 9.49 Å². The number of aliphatic hydroxyl groups is 1. The Hall–Kier alpha value is -2.79. The van der Waals surface area contributed by atoms with Gasteiger partial charge in [-0.3, -0.25) is 0 Å². The molecule has 1 atom stereocenters. The summed E-state index contributed by atoms with van der Waals surface area (Å²) in [6, 6.07) is 2.84. The summed E-state index contributed by atoms with van der Waals surface area (Å²) in [5.74, 6) is -2.90. The molecule has 1 fully saturated rings. The third-order valence-electron chi connectivity index (χ3n) is 4.84. The minimum absolute atomic E-state index is 0.206. The van der Waals surface area contributed by atoms with E-state index in [2.05, 4.69) is 15.3 Å².